The zero-order valence-corrected chi connectivity index (χ0v) is 12.5. The molecule has 1 N–H and O–H groups in total. The minimum Gasteiger partial charge on any atom is -0.504 e. The van der Waals surface area contributed by atoms with E-state index in [1.54, 1.807) is 6.07 Å². The normalized spacial score (nSPS) is 11.2. The summed E-state index contributed by atoms with van der Waals surface area (Å²) in [6, 6.07) is 5.36. The van der Waals surface area contributed by atoms with E-state index >= 15 is 0 Å². The lowest BCUT2D eigenvalue weighted by Crippen LogP contribution is -1.99. The lowest BCUT2D eigenvalue weighted by atomic mass is 10.0. The average Bonchev–Trinajstić information content (AvgIpc) is 2.46. The molecule has 1 aromatic rings. The topological polar surface area (TPSA) is 46.5 Å². The molecule has 108 valence electrons. The number of aromatic hydroxyl groups is 1. The van der Waals surface area contributed by atoms with E-state index in [0.29, 0.717) is 12.4 Å². The smallest absolute Gasteiger partial charge is 0.161 e. The molecule has 0 radical (unpaired) electrons. The molecule has 1 unspecified atom stereocenters. The number of benzene rings is 1. The molecule has 0 aliphatic carbocycles. The van der Waals surface area contributed by atoms with Gasteiger partial charge in [-0.2, -0.15) is 0 Å². The van der Waals surface area contributed by atoms with Crippen molar-refractivity contribution < 1.29 is 14.6 Å². The molecule has 0 aromatic heterocycles. The first-order chi connectivity index (χ1) is 9.17. The molecule has 3 heteroatoms. The van der Waals surface area contributed by atoms with Crippen molar-refractivity contribution in [1.29, 1.82) is 0 Å². The highest BCUT2D eigenvalue weighted by Gasteiger charge is 2.05. The summed E-state index contributed by atoms with van der Waals surface area (Å²) in [5.41, 5.74) is 1.09. The SMILES string of the molecule is CC.CCCOc1cc(CCC(C)C=O)ccc1O. The van der Waals surface area contributed by atoms with Crippen LogP contribution in [0.2, 0.25) is 0 Å². The van der Waals surface area contributed by atoms with E-state index in [2.05, 4.69) is 0 Å². The summed E-state index contributed by atoms with van der Waals surface area (Å²) in [4.78, 5) is 10.5. The van der Waals surface area contributed by atoms with E-state index in [4.69, 9.17) is 4.74 Å². The van der Waals surface area contributed by atoms with Crippen LogP contribution in [0.5, 0.6) is 11.5 Å². The first-order valence-electron chi connectivity index (χ1n) is 7.07. The number of aryl methyl sites for hydroxylation is 1. The summed E-state index contributed by atoms with van der Waals surface area (Å²) in [7, 11) is 0. The Hall–Kier alpha value is -1.51. The molecule has 0 saturated heterocycles. The van der Waals surface area contributed by atoms with Crippen LogP contribution in [-0.2, 0) is 11.2 Å². The average molecular weight is 266 g/mol. The third kappa shape index (κ3) is 6.85. The molecule has 0 aliphatic rings. The summed E-state index contributed by atoms with van der Waals surface area (Å²) in [6.45, 7) is 8.52. The van der Waals surface area contributed by atoms with Crippen molar-refractivity contribution in [1.82, 2.24) is 0 Å². The Balaban J connectivity index is 0.00000154. The maximum atomic E-state index is 10.5. The van der Waals surface area contributed by atoms with Crippen LogP contribution in [0.25, 0.3) is 0 Å². The zero-order valence-electron chi connectivity index (χ0n) is 12.5. The predicted octanol–water partition coefficient (Wildman–Crippen LogP) is 3.97. The molecule has 0 aliphatic heterocycles. The van der Waals surface area contributed by atoms with Gasteiger partial charge in [-0.3, -0.25) is 0 Å². The Morgan fingerprint density at radius 3 is 2.63 bits per heavy atom. The van der Waals surface area contributed by atoms with Crippen LogP contribution >= 0.6 is 0 Å². The van der Waals surface area contributed by atoms with Gasteiger partial charge >= 0.3 is 0 Å². The Labute approximate surface area is 116 Å². The van der Waals surface area contributed by atoms with Crippen molar-refractivity contribution in [2.75, 3.05) is 6.61 Å². The highest BCUT2D eigenvalue weighted by molar-refractivity contribution is 5.52. The van der Waals surface area contributed by atoms with Gasteiger partial charge in [0.25, 0.3) is 0 Å². The van der Waals surface area contributed by atoms with E-state index < -0.39 is 0 Å². The molecule has 1 rings (SSSR count). The van der Waals surface area contributed by atoms with Gasteiger partial charge in [-0.1, -0.05) is 33.8 Å². The summed E-state index contributed by atoms with van der Waals surface area (Å²) in [6.07, 6.45) is 3.52. The second-order valence-electron chi connectivity index (χ2n) is 4.30. The van der Waals surface area contributed by atoms with Gasteiger partial charge in [0.15, 0.2) is 11.5 Å². The van der Waals surface area contributed by atoms with Gasteiger partial charge in [-0.15, -0.1) is 0 Å². The number of ether oxygens (including phenoxy) is 1. The number of phenols is 1. The van der Waals surface area contributed by atoms with Crippen LogP contribution in [-0.4, -0.2) is 18.0 Å². The van der Waals surface area contributed by atoms with Crippen molar-refractivity contribution in [3.05, 3.63) is 23.8 Å². The highest BCUT2D eigenvalue weighted by atomic mass is 16.5. The molecule has 1 aromatic carbocycles. The molecule has 0 heterocycles. The van der Waals surface area contributed by atoms with Gasteiger partial charge in [0.1, 0.15) is 6.29 Å². The zero-order chi connectivity index (χ0) is 14.7. The first-order valence-corrected chi connectivity index (χ1v) is 7.07. The minimum atomic E-state index is 0.0730. The summed E-state index contributed by atoms with van der Waals surface area (Å²) < 4.78 is 5.44. The van der Waals surface area contributed by atoms with Crippen LogP contribution in [0.3, 0.4) is 0 Å². The second kappa shape index (κ2) is 10.4. The first kappa shape index (κ1) is 17.5. The molecule has 1 atom stereocenters. The molecular weight excluding hydrogens is 240 g/mol. The van der Waals surface area contributed by atoms with Gasteiger partial charge in [-0.25, -0.2) is 0 Å². The van der Waals surface area contributed by atoms with Crippen LogP contribution in [0.4, 0.5) is 0 Å². The number of phenolic OH excluding ortho intramolecular Hbond substituents is 1. The van der Waals surface area contributed by atoms with E-state index in [-0.39, 0.29) is 11.7 Å². The molecular formula is C16H26O3. The van der Waals surface area contributed by atoms with Crippen molar-refractivity contribution in [3.63, 3.8) is 0 Å². The maximum Gasteiger partial charge on any atom is 0.161 e. The largest absolute Gasteiger partial charge is 0.504 e. The number of rotatable bonds is 7. The number of carbonyl (C=O) groups is 1. The van der Waals surface area contributed by atoms with Crippen molar-refractivity contribution in [2.24, 2.45) is 5.92 Å². The maximum absolute atomic E-state index is 10.5. The third-order valence-corrected chi connectivity index (χ3v) is 2.61. The van der Waals surface area contributed by atoms with E-state index in [0.717, 1.165) is 31.1 Å². The van der Waals surface area contributed by atoms with Gasteiger partial charge in [0, 0.05) is 5.92 Å². The van der Waals surface area contributed by atoms with Crippen LogP contribution in [0.15, 0.2) is 18.2 Å². The predicted molar refractivity (Wildman–Crippen MR) is 78.8 cm³/mol. The number of aldehydes is 1. The minimum absolute atomic E-state index is 0.0730. The van der Waals surface area contributed by atoms with Gasteiger partial charge in [0.05, 0.1) is 6.61 Å². The molecule has 0 spiro atoms. The monoisotopic (exact) mass is 266 g/mol. The standard InChI is InChI=1S/C14H20O3.C2H6/c1-3-8-17-14-9-12(6-7-13(14)16)5-4-11(2)10-15;1-2/h6-7,9-11,16H,3-5,8H2,1-2H3;1-2H3. The Morgan fingerprint density at radius 1 is 1.37 bits per heavy atom. The van der Waals surface area contributed by atoms with Crippen LogP contribution < -0.4 is 4.74 Å². The fourth-order valence-corrected chi connectivity index (χ4v) is 1.50. The Bertz CT molecular complexity index is 361. The second-order valence-corrected chi connectivity index (χ2v) is 4.30. The Morgan fingerprint density at radius 2 is 2.05 bits per heavy atom. The molecule has 3 nitrogen and oxygen atoms in total. The summed E-state index contributed by atoms with van der Waals surface area (Å²) >= 11 is 0. The van der Waals surface area contributed by atoms with Gasteiger partial charge in [-0.05, 0) is 37.0 Å². The summed E-state index contributed by atoms with van der Waals surface area (Å²) in [5.74, 6) is 0.776. The van der Waals surface area contributed by atoms with Crippen LogP contribution in [0, 0.1) is 5.92 Å². The van der Waals surface area contributed by atoms with Crippen molar-refractivity contribution in [3.8, 4) is 11.5 Å². The lowest BCUT2D eigenvalue weighted by Gasteiger charge is -2.09. The van der Waals surface area contributed by atoms with Crippen LogP contribution in [0.1, 0.15) is 46.1 Å². The number of hydrogen-bond donors (Lipinski definition) is 1. The van der Waals surface area contributed by atoms with Gasteiger partial charge in [0.2, 0.25) is 0 Å². The highest BCUT2D eigenvalue weighted by Crippen LogP contribution is 2.27. The quantitative estimate of drug-likeness (QED) is 0.759. The fourth-order valence-electron chi connectivity index (χ4n) is 1.50. The molecule has 0 amide bonds. The third-order valence-electron chi connectivity index (χ3n) is 2.61. The molecule has 0 fully saturated rings. The molecule has 19 heavy (non-hydrogen) atoms. The molecule has 0 bridgehead atoms. The van der Waals surface area contributed by atoms with Crippen molar-refractivity contribution in [2.45, 2.75) is 47.0 Å². The van der Waals surface area contributed by atoms with E-state index in [1.165, 1.54) is 0 Å². The fraction of sp³-hybridized carbons (Fsp3) is 0.562. The molecule has 0 saturated carbocycles. The Kier molecular flexibility index (Phi) is 9.59. The van der Waals surface area contributed by atoms with E-state index in [9.17, 15) is 9.90 Å². The van der Waals surface area contributed by atoms with Gasteiger partial charge < -0.3 is 14.6 Å². The summed E-state index contributed by atoms with van der Waals surface area (Å²) in [5, 5.41) is 9.60. The van der Waals surface area contributed by atoms with Crippen molar-refractivity contribution >= 4 is 6.29 Å². The number of hydrogen-bond acceptors (Lipinski definition) is 3. The lowest BCUT2D eigenvalue weighted by molar-refractivity contribution is -0.110. The van der Waals surface area contributed by atoms with E-state index in [1.807, 2.05) is 39.8 Å². The number of carbonyl (C=O) groups excluding carboxylic acids is 1.